The second-order valence-corrected chi connectivity index (χ2v) is 7.14. The maximum atomic E-state index is 12.7. The number of aromatic nitrogens is 2. The maximum Gasteiger partial charge on any atom is 0.323 e. The molecule has 3 rings (SSSR count). The van der Waals surface area contributed by atoms with Crippen LogP contribution in [0.1, 0.15) is 19.3 Å². The molecule has 1 aromatic heterocycles. The molecular formula is C13H15N3O5S. The van der Waals surface area contributed by atoms with Crippen molar-refractivity contribution >= 4 is 27.0 Å². The van der Waals surface area contributed by atoms with E-state index in [2.05, 4.69) is 9.97 Å². The van der Waals surface area contributed by atoms with Crippen LogP contribution in [0.15, 0.2) is 27.9 Å². The van der Waals surface area contributed by atoms with Gasteiger partial charge >= 0.3 is 11.7 Å². The molecule has 2 aromatic rings. The number of fused-ring (bicyclic) bond motifs is 1. The minimum absolute atomic E-state index is 0.0246. The molecule has 0 aliphatic carbocycles. The van der Waals surface area contributed by atoms with Gasteiger partial charge in [-0.3, -0.25) is 4.79 Å². The molecule has 22 heavy (non-hydrogen) atoms. The quantitative estimate of drug-likeness (QED) is 0.757. The van der Waals surface area contributed by atoms with E-state index in [1.165, 1.54) is 18.2 Å². The minimum Gasteiger partial charge on any atom is -0.480 e. The first-order valence-corrected chi connectivity index (χ1v) is 8.30. The summed E-state index contributed by atoms with van der Waals surface area (Å²) in [5.74, 6) is -1.14. The Hall–Kier alpha value is -2.13. The first-order valence-electron chi connectivity index (χ1n) is 6.86. The van der Waals surface area contributed by atoms with Gasteiger partial charge < -0.3 is 15.1 Å². The summed E-state index contributed by atoms with van der Waals surface area (Å²) in [6.45, 7) is 0.182. The van der Waals surface area contributed by atoms with Crippen molar-refractivity contribution in [1.29, 1.82) is 0 Å². The van der Waals surface area contributed by atoms with Crippen molar-refractivity contribution in [3.05, 3.63) is 28.7 Å². The van der Waals surface area contributed by atoms with Crippen LogP contribution in [0.2, 0.25) is 0 Å². The number of H-pyrrole nitrogens is 2. The molecule has 1 fully saturated rings. The number of hydrogen-bond acceptors (Lipinski definition) is 4. The number of carboxylic acids is 1. The molecule has 1 saturated heterocycles. The van der Waals surface area contributed by atoms with Crippen LogP contribution in [0.4, 0.5) is 0 Å². The lowest BCUT2D eigenvalue weighted by Gasteiger charge is -2.31. The van der Waals surface area contributed by atoms with Gasteiger partial charge in [0.15, 0.2) is 0 Å². The Morgan fingerprint density at radius 3 is 2.68 bits per heavy atom. The Morgan fingerprint density at radius 2 is 1.95 bits per heavy atom. The van der Waals surface area contributed by atoms with E-state index in [1.807, 2.05) is 0 Å². The van der Waals surface area contributed by atoms with E-state index in [0.717, 1.165) is 4.31 Å². The van der Waals surface area contributed by atoms with Crippen molar-refractivity contribution in [2.75, 3.05) is 6.54 Å². The number of imidazole rings is 1. The average molecular weight is 325 g/mol. The number of aliphatic carboxylic acids is 1. The summed E-state index contributed by atoms with van der Waals surface area (Å²) in [5, 5.41) is 9.24. The van der Waals surface area contributed by atoms with Crippen molar-refractivity contribution in [3.8, 4) is 0 Å². The number of benzene rings is 1. The Bertz CT molecular complexity index is 882. The van der Waals surface area contributed by atoms with Gasteiger partial charge in [-0.15, -0.1) is 0 Å². The van der Waals surface area contributed by atoms with Crippen molar-refractivity contribution in [3.63, 3.8) is 0 Å². The smallest absolute Gasteiger partial charge is 0.323 e. The highest BCUT2D eigenvalue weighted by molar-refractivity contribution is 7.89. The summed E-state index contributed by atoms with van der Waals surface area (Å²) in [4.78, 5) is 27.5. The van der Waals surface area contributed by atoms with Gasteiger partial charge in [-0.2, -0.15) is 4.31 Å². The highest BCUT2D eigenvalue weighted by atomic mass is 32.2. The van der Waals surface area contributed by atoms with E-state index >= 15 is 0 Å². The van der Waals surface area contributed by atoms with Crippen LogP contribution < -0.4 is 5.69 Å². The molecule has 1 atom stereocenters. The third kappa shape index (κ3) is 2.42. The molecule has 1 aromatic carbocycles. The first-order chi connectivity index (χ1) is 10.4. The van der Waals surface area contributed by atoms with Crippen molar-refractivity contribution < 1.29 is 18.3 Å². The second kappa shape index (κ2) is 5.25. The van der Waals surface area contributed by atoms with Gasteiger partial charge in [0.05, 0.1) is 15.9 Å². The van der Waals surface area contributed by atoms with Crippen LogP contribution in [0.5, 0.6) is 0 Å². The highest BCUT2D eigenvalue weighted by Gasteiger charge is 2.37. The van der Waals surface area contributed by atoms with Gasteiger partial charge in [-0.1, -0.05) is 0 Å². The van der Waals surface area contributed by atoms with Crippen LogP contribution in [0, 0.1) is 0 Å². The van der Waals surface area contributed by atoms with Crippen molar-refractivity contribution in [2.45, 2.75) is 30.2 Å². The van der Waals surface area contributed by atoms with Crippen LogP contribution in [-0.4, -0.2) is 46.4 Å². The molecule has 8 nitrogen and oxygen atoms in total. The van der Waals surface area contributed by atoms with Gasteiger partial charge in [0.2, 0.25) is 10.0 Å². The van der Waals surface area contributed by atoms with Gasteiger partial charge in [0.1, 0.15) is 6.04 Å². The lowest BCUT2D eigenvalue weighted by Crippen LogP contribution is -2.47. The zero-order chi connectivity index (χ0) is 15.9. The fourth-order valence-electron chi connectivity index (χ4n) is 2.75. The number of rotatable bonds is 3. The molecular weight excluding hydrogens is 310 g/mol. The molecule has 1 aliphatic heterocycles. The Balaban J connectivity index is 2.06. The number of carbonyl (C=O) groups is 1. The summed E-state index contributed by atoms with van der Waals surface area (Å²) in [5.41, 5.74) is 0.443. The lowest BCUT2D eigenvalue weighted by atomic mass is 10.1. The van der Waals surface area contributed by atoms with E-state index < -0.39 is 27.7 Å². The average Bonchev–Trinajstić information content (AvgIpc) is 2.86. The number of aromatic amines is 2. The normalized spacial score (nSPS) is 20.3. The van der Waals surface area contributed by atoms with Crippen LogP contribution >= 0.6 is 0 Å². The molecule has 0 unspecified atom stereocenters. The summed E-state index contributed by atoms with van der Waals surface area (Å²) in [6, 6.07) is 3.16. The molecule has 1 aliphatic rings. The van der Waals surface area contributed by atoms with E-state index in [4.69, 9.17) is 0 Å². The lowest BCUT2D eigenvalue weighted by molar-refractivity contribution is -0.142. The second-order valence-electron chi connectivity index (χ2n) is 5.25. The molecule has 0 radical (unpaired) electrons. The number of nitrogens with one attached hydrogen (secondary N) is 2. The summed E-state index contributed by atoms with van der Waals surface area (Å²) in [6.07, 6.45) is 1.62. The SMILES string of the molecule is O=C(O)[C@@H]1CCCCN1S(=O)(=O)c1ccc2[nH]c(=O)[nH]c2c1. The zero-order valence-corrected chi connectivity index (χ0v) is 12.4. The maximum absolute atomic E-state index is 12.7. The van der Waals surface area contributed by atoms with E-state index in [9.17, 15) is 23.1 Å². The molecule has 0 bridgehead atoms. The Labute approximate surface area is 125 Å². The predicted molar refractivity (Wildman–Crippen MR) is 78.1 cm³/mol. The zero-order valence-electron chi connectivity index (χ0n) is 11.6. The first kappa shape index (κ1) is 14.8. The van der Waals surface area contributed by atoms with Crippen LogP contribution in [0.25, 0.3) is 11.0 Å². The number of carboxylic acid groups (broad SMARTS) is 1. The third-order valence-electron chi connectivity index (χ3n) is 3.83. The predicted octanol–water partition coefficient (Wildman–Crippen LogP) is 0.484. The summed E-state index contributed by atoms with van der Waals surface area (Å²) >= 11 is 0. The van der Waals surface area contributed by atoms with Gasteiger partial charge in [-0.05, 0) is 37.5 Å². The summed E-state index contributed by atoms with van der Waals surface area (Å²) in [7, 11) is -3.92. The fourth-order valence-corrected chi connectivity index (χ4v) is 4.42. The third-order valence-corrected chi connectivity index (χ3v) is 5.74. The molecule has 2 heterocycles. The van der Waals surface area contributed by atoms with Crippen molar-refractivity contribution in [1.82, 2.24) is 14.3 Å². The molecule has 0 saturated carbocycles. The number of nitrogens with zero attached hydrogens (tertiary/aromatic N) is 1. The molecule has 3 N–H and O–H groups in total. The number of sulfonamides is 1. The molecule has 0 amide bonds. The van der Waals surface area contributed by atoms with E-state index in [0.29, 0.717) is 30.3 Å². The number of piperidine rings is 1. The van der Waals surface area contributed by atoms with Gasteiger partial charge in [0.25, 0.3) is 0 Å². The van der Waals surface area contributed by atoms with Gasteiger partial charge in [0, 0.05) is 6.54 Å². The van der Waals surface area contributed by atoms with Gasteiger partial charge in [-0.25, -0.2) is 13.2 Å². The standard InChI is InChI=1S/C13H15N3O5S/c17-12(18)11-3-1-2-6-16(11)22(20,21)8-4-5-9-10(7-8)15-13(19)14-9/h4-5,7,11H,1-3,6H2,(H,17,18)(H2,14,15,19)/t11-/m0/s1. The summed E-state index contributed by atoms with van der Waals surface area (Å²) < 4.78 is 26.5. The largest absolute Gasteiger partial charge is 0.480 e. The number of hydrogen-bond donors (Lipinski definition) is 3. The Kier molecular flexibility index (Phi) is 3.53. The topological polar surface area (TPSA) is 123 Å². The van der Waals surface area contributed by atoms with Crippen LogP contribution in [0.3, 0.4) is 0 Å². The molecule has 9 heteroatoms. The molecule has 118 valence electrons. The highest BCUT2D eigenvalue weighted by Crippen LogP contribution is 2.26. The fraction of sp³-hybridized carbons (Fsp3) is 0.385. The van der Waals surface area contributed by atoms with Crippen molar-refractivity contribution in [2.24, 2.45) is 0 Å². The van der Waals surface area contributed by atoms with E-state index in [-0.39, 0.29) is 11.4 Å². The van der Waals surface area contributed by atoms with Crippen LogP contribution in [-0.2, 0) is 14.8 Å². The monoisotopic (exact) mass is 325 g/mol. The Morgan fingerprint density at radius 1 is 1.23 bits per heavy atom. The minimum atomic E-state index is -3.92. The van der Waals surface area contributed by atoms with E-state index in [1.54, 1.807) is 0 Å². The molecule has 0 spiro atoms.